The highest BCUT2D eigenvalue weighted by molar-refractivity contribution is 5.31. The van der Waals surface area contributed by atoms with Crippen molar-refractivity contribution < 1.29 is 0 Å². The van der Waals surface area contributed by atoms with Gasteiger partial charge in [0.25, 0.3) is 0 Å². The van der Waals surface area contributed by atoms with Crippen molar-refractivity contribution in [3.8, 4) is 0 Å². The van der Waals surface area contributed by atoms with Crippen molar-refractivity contribution in [3.63, 3.8) is 0 Å². The summed E-state index contributed by atoms with van der Waals surface area (Å²) >= 11 is 0. The molecule has 2 rings (SSSR count). The second kappa shape index (κ2) is 5.07. The average molecular weight is 206 g/mol. The Morgan fingerprint density at radius 2 is 2.20 bits per heavy atom. The highest BCUT2D eigenvalue weighted by Crippen LogP contribution is 2.25. The Morgan fingerprint density at radius 1 is 1.33 bits per heavy atom. The van der Waals surface area contributed by atoms with Gasteiger partial charge in [0.1, 0.15) is 5.82 Å². The zero-order valence-electron chi connectivity index (χ0n) is 8.89. The Kier molecular flexibility index (Phi) is 3.50. The molecular formula is C11H18N4. The van der Waals surface area contributed by atoms with Gasteiger partial charge in [0.2, 0.25) is 0 Å². The Labute approximate surface area is 90.3 Å². The van der Waals surface area contributed by atoms with Gasteiger partial charge in [-0.3, -0.25) is 4.98 Å². The number of aromatic nitrogens is 2. The van der Waals surface area contributed by atoms with E-state index in [1.807, 2.05) is 0 Å². The van der Waals surface area contributed by atoms with Gasteiger partial charge < -0.3 is 11.1 Å². The van der Waals surface area contributed by atoms with Gasteiger partial charge in [0.15, 0.2) is 0 Å². The summed E-state index contributed by atoms with van der Waals surface area (Å²) in [4.78, 5) is 8.27. The maximum Gasteiger partial charge on any atom is 0.144 e. The summed E-state index contributed by atoms with van der Waals surface area (Å²) < 4.78 is 0. The van der Waals surface area contributed by atoms with Crippen LogP contribution in [0.3, 0.4) is 0 Å². The smallest absolute Gasteiger partial charge is 0.144 e. The van der Waals surface area contributed by atoms with Crippen molar-refractivity contribution in [2.75, 3.05) is 11.9 Å². The van der Waals surface area contributed by atoms with Gasteiger partial charge in [-0.25, -0.2) is 4.98 Å². The van der Waals surface area contributed by atoms with Gasteiger partial charge >= 0.3 is 0 Å². The third-order valence-electron chi connectivity index (χ3n) is 3.11. The van der Waals surface area contributed by atoms with Crippen molar-refractivity contribution in [3.05, 3.63) is 18.6 Å². The van der Waals surface area contributed by atoms with E-state index in [2.05, 4.69) is 15.3 Å². The first-order chi connectivity index (χ1) is 7.40. The maximum absolute atomic E-state index is 5.77. The minimum Gasteiger partial charge on any atom is -0.366 e. The lowest BCUT2D eigenvalue weighted by atomic mass is 9.84. The average Bonchev–Trinajstić information content (AvgIpc) is 2.31. The number of anilines is 1. The lowest BCUT2D eigenvalue weighted by Crippen LogP contribution is -2.36. The summed E-state index contributed by atoms with van der Waals surface area (Å²) in [5, 5.41) is 3.43. The molecule has 4 heteroatoms. The van der Waals surface area contributed by atoms with Gasteiger partial charge in [0, 0.05) is 18.4 Å². The van der Waals surface area contributed by atoms with E-state index in [1.165, 1.54) is 25.7 Å². The molecule has 1 aliphatic rings. The van der Waals surface area contributed by atoms with Crippen LogP contribution in [-0.4, -0.2) is 22.6 Å². The molecule has 1 aromatic rings. The van der Waals surface area contributed by atoms with Crippen LogP contribution in [-0.2, 0) is 0 Å². The molecule has 82 valence electrons. The summed E-state index contributed by atoms with van der Waals surface area (Å²) in [5.74, 6) is 1.45. The molecule has 0 saturated heterocycles. The largest absolute Gasteiger partial charge is 0.366 e. The van der Waals surface area contributed by atoms with Gasteiger partial charge in [-0.05, 0) is 25.3 Å². The zero-order valence-corrected chi connectivity index (χ0v) is 8.89. The fraction of sp³-hybridized carbons (Fsp3) is 0.636. The normalized spacial score (nSPS) is 26.2. The number of nitrogens with one attached hydrogen (secondary N) is 1. The van der Waals surface area contributed by atoms with E-state index < -0.39 is 0 Å². The van der Waals surface area contributed by atoms with Crippen LogP contribution in [0.1, 0.15) is 25.7 Å². The molecule has 0 bridgehead atoms. The highest BCUT2D eigenvalue weighted by Gasteiger charge is 2.23. The highest BCUT2D eigenvalue weighted by atomic mass is 15.0. The summed E-state index contributed by atoms with van der Waals surface area (Å²) in [5.41, 5.74) is 5.77. The van der Waals surface area contributed by atoms with E-state index in [9.17, 15) is 0 Å². The number of nitrogens with two attached hydrogens (primary N) is 1. The van der Waals surface area contributed by atoms with Crippen LogP contribution in [0.25, 0.3) is 0 Å². The molecule has 2 atom stereocenters. The van der Waals surface area contributed by atoms with E-state index in [4.69, 9.17) is 5.73 Å². The Hall–Kier alpha value is -1.16. The van der Waals surface area contributed by atoms with E-state index in [1.54, 1.807) is 18.6 Å². The van der Waals surface area contributed by atoms with Crippen LogP contribution in [0.15, 0.2) is 18.6 Å². The minimum absolute atomic E-state index is 0.473. The summed E-state index contributed by atoms with van der Waals surface area (Å²) in [7, 11) is 0. The molecule has 1 aromatic heterocycles. The van der Waals surface area contributed by atoms with Crippen LogP contribution < -0.4 is 11.1 Å². The topological polar surface area (TPSA) is 63.8 Å². The third-order valence-corrected chi connectivity index (χ3v) is 3.11. The fourth-order valence-corrected chi connectivity index (χ4v) is 2.24. The first kappa shape index (κ1) is 10.4. The second-order valence-corrected chi connectivity index (χ2v) is 4.12. The van der Waals surface area contributed by atoms with Crippen molar-refractivity contribution >= 4 is 5.82 Å². The first-order valence-corrected chi connectivity index (χ1v) is 5.63. The molecule has 0 radical (unpaired) electrons. The van der Waals surface area contributed by atoms with E-state index >= 15 is 0 Å². The van der Waals surface area contributed by atoms with E-state index in [0.717, 1.165) is 12.4 Å². The molecule has 3 N–H and O–H groups in total. The van der Waals surface area contributed by atoms with Gasteiger partial charge in [-0.1, -0.05) is 12.8 Å². The predicted molar refractivity (Wildman–Crippen MR) is 60.5 cm³/mol. The monoisotopic (exact) mass is 206 g/mol. The Morgan fingerprint density at radius 3 is 2.93 bits per heavy atom. The number of hydrogen-bond donors (Lipinski definition) is 2. The lowest BCUT2D eigenvalue weighted by molar-refractivity contribution is 0.332. The molecule has 1 fully saturated rings. The molecule has 2 unspecified atom stereocenters. The van der Waals surface area contributed by atoms with Gasteiger partial charge in [-0.15, -0.1) is 0 Å². The van der Waals surface area contributed by atoms with Crippen LogP contribution in [0.2, 0.25) is 0 Å². The van der Waals surface area contributed by atoms with Crippen LogP contribution in [0, 0.1) is 5.92 Å². The fourth-order valence-electron chi connectivity index (χ4n) is 2.24. The Balaban J connectivity index is 1.97. The quantitative estimate of drug-likeness (QED) is 0.784. The van der Waals surface area contributed by atoms with Crippen LogP contribution in [0.4, 0.5) is 5.82 Å². The molecule has 0 spiro atoms. The molecule has 4 nitrogen and oxygen atoms in total. The standard InChI is InChI=1S/C11H18N4/c12-7-9-3-1-2-4-10(9)15-11-8-13-5-6-14-11/h5-6,8-10H,1-4,7,12H2,(H,14,15). The number of hydrogen-bond acceptors (Lipinski definition) is 4. The summed E-state index contributed by atoms with van der Waals surface area (Å²) in [6.07, 6.45) is 10.2. The molecule has 1 heterocycles. The molecular weight excluding hydrogens is 188 g/mol. The molecule has 1 saturated carbocycles. The van der Waals surface area contributed by atoms with Crippen LogP contribution in [0.5, 0.6) is 0 Å². The summed E-state index contributed by atoms with van der Waals surface area (Å²) in [6, 6.07) is 0.473. The Bertz CT molecular complexity index is 288. The SMILES string of the molecule is NCC1CCCCC1Nc1cnccn1. The van der Waals surface area contributed by atoms with Crippen molar-refractivity contribution in [2.24, 2.45) is 11.7 Å². The van der Waals surface area contributed by atoms with Crippen molar-refractivity contribution in [1.82, 2.24) is 9.97 Å². The molecule has 0 amide bonds. The lowest BCUT2D eigenvalue weighted by Gasteiger charge is -2.31. The zero-order chi connectivity index (χ0) is 10.5. The van der Waals surface area contributed by atoms with Crippen molar-refractivity contribution in [2.45, 2.75) is 31.7 Å². The van der Waals surface area contributed by atoms with E-state index in [0.29, 0.717) is 12.0 Å². The molecule has 1 aliphatic carbocycles. The van der Waals surface area contributed by atoms with Crippen LogP contribution >= 0.6 is 0 Å². The van der Waals surface area contributed by atoms with Gasteiger partial charge in [-0.2, -0.15) is 0 Å². The van der Waals surface area contributed by atoms with Gasteiger partial charge in [0.05, 0.1) is 6.20 Å². The predicted octanol–water partition coefficient (Wildman–Crippen LogP) is 1.41. The van der Waals surface area contributed by atoms with E-state index in [-0.39, 0.29) is 0 Å². The first-order valence-electron chi connectivity index (χ1n) is 5.63. The molecule has 0 aliphatic heterocycles. The number of nitrogens with zero attached hydrogens (tertiary/aromatic N) is 2. The maximum atomic E-state index is 5.77. The number of rotatable bonds is 3. The minimum atomic E-state index is 0.473. The summed E-state index contributed by atoms with van der Waals surface area (Å²) in [6.45, 7) is 0.762. The second-order valence-electron chi connectivity index (χ2n) is 4.12. The molecule has 15 heavy (non-hydrogen) atoms. The molecule has 0 aromatic carbocycles. The van der Waals surface area contributed by atoms with Crippen molar-refractivity contribution in [1.29, 1.82) is 0 Å². The third kappa shape index (κ3) is 2.65.